The van der Waals surface area contributed by atoms with Gasteiger partial charge in [0.1, 0.15) is 10.3 Å². The monoisotopic (exact) mass is 348 g/mol. The van der Waals surface area contributed by atoms with E-state index in [1.807, 2.05) is 26.0 Å². The van der Waals surface area contributed by atoms with Gasteiger partial charge in [0.25, 0.3) is 5.56 Å². The third kappa shape index (κ3) is 2.19. The highest BCUT2D eigenvalue weighted by atomic mass is 32.1. The Morgan fingerprint density at radius 2 is 2.26 bits per heavy atom. The number of fused-ring (bicyclic) bond motifs is 3. The molecular formula is C16H16N2O3S2. The zero-order valence-electron chi connectivity index (χ0n) is 12.8. The van der Waals surface area contributed by atoms with Crippen LogP contribution in [0.25, 0.3) is 19.8 Å². The molecule has 5 nitrogen and oxygen atoms in total. The lowest BCUT2D eigenvalue weighted by Crippen LogP contribution is -2.43. The SMILES string of the molecule is CC(C)[C@@]1(O)COCc2c1[nH]c(=O)c1sc(-c3ccns3)cc21. The number of aliphatic hydroxyl groups is 1. The number of aromatic nitrogens is 2. The van der Waals surface area contributed by atoms with E-state index in [0.29, 0.717) is 17.0 Å². The Hall–Kier alpha value is -1.54. The predicted molar refractivity (Wildman–Crippen MR) is 91.9 cm³/mol. The van der Waals surface area contributed by atoms with E-state index < -0.39 is 5.60 Å². The number of nitrogens with one attached hydrogen (secondary N) is 1. The van der Waals surface area contributed by atoms with E-state index in [2.05, 4.69) is 9.36 Å². The number of nitrogens with zero attached hydrogens (tertiary/aromatic N) is 1. The van der Waals surface area contributed by atoms with Crippen LogP contribution in [0.2, 0.25) is 0 Å². The highest BCUT2D eigenvalue weighted by Gasteiger charge is 2.40. The Morgan fingerprint density at radius 3 is 2.96 bits per heavy atom. The fourth-order valence-corrected chi connectivity index (χ4v) is 4.73. The number of thiophene rings is 1. The van der Waals surface area contributed by atoms with Crippen LogP contribution in [0.1, 0.15) is 25.1 Å². The number of hydrogen-bond donors (Lipinski definition) is 2. The number of H-pyrrole nitrogens is 1. The van der Waals surface area contributed by atoms with Crippen LogP contribution in [0.4, 0.5) is 0 Å². The van der Waals surface area contributed by atoms with Gasteiger partial charge in [0.05, 0.1) is 23.8 Å². The Morgan fingerprint density at radius 1 is 1.43 bits per heavy atom. The number of hydrogen-bond acceptors (Lipinski definition) is 6. The normalized spacial score (nSPS) is 21.0. The van der Waals surface area contributed by atoms with Gasteiger partial charge in [-0.1, -0.05) is 13.8 Å². The van der Waals surface area contributed by atoms with Crippen molar-refractivity contribution in [3.8, 4) is 9.75 Å². The maximum atomic E-state index is 12.5. The van der Waals surface area contributed by atoms with Gasteiger partial charge >= 0.3 is 0 Å². The van der Waals surface area contributed by atoms with Gasteiger partial charge in [-0.2, -0.15) is 0 Å². The van der Waals surface area contributed by atoms with Crippen molar-refractivity contribution >= 4 is 33.0 Å². The summed E-state index contributed by atoms with van der Waals surface area (Å²) < 4.78 is 10.4. The highest BCUT2D eigenvalue weighted by Crippen LogP contribution is 2.41. The van der Waals surface area contributed by atoms with Crippen molar-refractivity contribution in [2.45, 2.75) is 26.1 Å². The Labute approximate surface area is 140 Å². The summed E-state index contributed by atoms with van der Waals surface area (Å²) in [5.74, 6) is -0.0609. The number of aromatic amines is 1. The molecule has 23 heavy (non-hydrogen) atoms. The van der Waals surface area contributed by atoms with Crippen molar-refractivity contribution in [3.05, 3.63) is 39.9 Å². The molecule has 0 saturated carbocycles. The highest BCUT2D eigenvalue weighted by molar-refractivity contribution is 7.24. The van der Waals surface area contributed by atoms with Crippen LogP contribution in [-0.4, -0.2) is 21.1 Å². The van der Waals surface area contributed by atoms with Crippen LogP contribution in [0.15, 0.2) is 23.1 Å². The van der Waals surface area contributed by atoms with Crippen molar-refractivity contribution in [3.63, 3.8) is 0 Å². The molecule has 0 spiro atoms. The van der Waals surface area contributed by atoms with Crippen molar-refractivity contribution in [2.24, 2.45) is 5.92 Å². The second kappa shape index (κ2) is 5.24. The average Bonchev–Trinajstić information content (AvgIpc) is 3.17. The molecular weight excluding hydrogens is 332 g/mol. The molecule has 2 N–H and O–H groups in total. The lowest BCUT2D eigenvalue weighted by atomic mass is 9.83. The summed E-state index contributed by atoms with van der Waals surface area (Å²) in [7, 11) is 0. The molecule has 0 amide bonds. The van der Waals surface area contributed by atoms with E-state index in [1.54, 1.807) is 6.20 Å². The molecule has 4 rings (SSSR count). The molecule has 120 valence electrons. The molecule has 7 heteroatoms. The van der Waals surface area contributed by atoms with Crippen LogP contribution in [-0.2, 0) is 16.9 Å². The third-order valence-electron chi connectivity index (χ3n) is 4.44. The van der Waals surface area contributed by atoms with Crippen molar-refractivity contribution in [1.29, 1.82) is 0 Å². The Balaban J connectivity index is 2.01. The first kappa shape index (κ1) is 15.0. The number of ether oxygens (including phenoxy) is 1. The quantitative estimate of drug-likeness (QED) is 0.746. The molecule has 1 atom stereocenters. The van der Waals surface area contributed by atoms with Crippen molar-refractivity contribution in [2.75, 3.05) is 6.61 Å². The van der Waals surface area contributed by atoms with Gasteiger partial charge in [0.15, 0.2) is 0 Å². The molecule has 0 bridgehead atoms. The van der Waals surface area contributed by atoms with Gasteiger partial charge in [-0.25, -0.2) is 4.37 Å². The minimum atomic E-state index is -1.16. The molecule has 0 fully saturated rings. The van der Waals surface area contributed by atoms with Crippen LogP contribution in [0.5, 0.6) is 0 Å². The fraction of sp³-hybridized carbons (Fsp3) is 0.375. The Kier molecular flexibility index (Phi) is 3.42. The first-order valence-corrected chi connectivity index (χ1v) is 9.00. The summed E-state index contributed by atoms with van der Waals surface area (Å²) in [6, 6.07) is 3.95. The van der Waals surface area contributed by atoms with E-state index in [-0.39, 0.29) is 18.1 Å². The van der Waals surface area contributed by atoms with E-state index in [1.165, 1.54) is 22.9 Å². The summed E-state index contributed by atoms with van der Waals surface area (Å²) in [5, 5.41) is 11.8. The van der Waals surface area contributed by atoms with E-state index in [0.717, 1.165) is 20.7 Å². The van der Waals surface area contributed by atoms with Gasteiger partial charge in [0, 0.05) is 22.0 Å². The second-order valence-corrected chi connectivity index (χ2v) is 7.99. The average molecular weight is 348 g/mol. The molecule has 3 aromatic rings. The molecule has 3 aromatic heterocycles. The van der Waals surface area contributed by atoms with E-state index in [4.69, 9.17) is 4.74 Å². The summed E-state index contributed by atoms with van der Waals surface area (Å²) in [5.41, 5.74) is 0.174. The molecule has 0 radical (unpaired) electrons. The first-order chi connectivity index (χ1) is 11.0. The van der Waals surface area contributed by atoms with Crippen LogP contribution >= 0.6 is 22.9 Å². The lowest BCUT2D eigenvalue weighted by molar-refractivity contribution is -0.104. The fourth-order valence-electron chi connectivity index (χ4n) is 2.98. The summed E-state index contributed by atoms with van der Waals surface area (Å²) in [6.45, 7) is 4.45. The predicted octanol–water partition coefficient (Wildman–Crippen LogP) is 3.09. The molecule has 0 aliphatic carbocycles. The van der Waals surface area contributed by atoms with Crippen LogP contribution in [0, 0.1) is 5.92 Å². The molecule has 4 heterocycles. The van der Waals surface area contributed by atoms with Crippen LogP contribution < -0.4 is 5.56 Å². The standard InChI is InChI=1S/C16H16N2O3S2/c1-8(2)16(20)7-21-6-10-9-5-12(11-3-4-17-23-11)22-13(9)15(19)18-14(10)16/h3-5,8,20H,6-7H2,1-2H3,(H,18,19)/t16-/m0/s1. The second-order valence-electron chi connectivity index (χ2n) is 6.11. The molecule has 0 unspecified atom stereocenters. The number of rotatable bonds is 2. The largest absolute Gasteiger partial charge is 0.381 e. The maximum absolute atomic E-state index is 12.5. The molecule has 0 aromatic carbocycles. The van der Waals surface area contributed by atoms with Gasteiger partial charge in [-0.3, -0.25) is 4.79 Å². The van der Waals surface area contributed by atoms with E-state index >= 15 is 0 Å². The molecule has 1 aliphatic rings. The zero-order chi connectivity index (χ0) is 16.2. The Bertz CT molecular complexity index is 927. The minimum absolute atomic E-state index is 0.0609. The van der Waals surface area contributed by atoms with E-state index in [9.17, 15) is 9.90 Å². The van der Waals surface area contributed by atoms with Gasteiger partial charge in [0.2, 0.25) is 0 Å². The smallest absolute Gasteiger partial charge is 0.266 e. The maximum Gasteiger partial charge on any atom is 0.266 e. The summed E-state index contributed by atoms with van der Waals surface area (Å²) in [6.07, 6.45) is 1.75. The van der Waals surface area contributed by atoms with Gasteiger partial charge < -0.3 is 14.8 Å². The summed E-state index contributed by atoms with van der Waals surface area (Å²) in [4.78, 5) is 17.5. The first-order valence-electron chi connectivity index (χ1n) is 7.41. The summed E-state index contributed by atoms with van der Waals surface area (Å²) >= 11 is 2.86. The minimum Gasteiger partial charge on any atom is -0.381 e. The van der Waals surface area contributed by atoms with Gasteiger partial charge in [-0.15, -0.1) is 11.3 Å². The van der Waals surface area contributed by atoms with Crippen molar-refractivity contribution in [1.82, 2.24) is 9.36 Å². The number of pyridine rings is 1. The molecule has 1 aliphatic heterocycles. The zero-order valence-corrected chi connectivity index (χ0v) is 14.4. The van der Waals surface area contributed by atoms with Crippen LogP contribution in [0.3, 0.4) is 0 Å². The third-order valence-corrected chi connectivity index (χ3v) is 6.52. The topological polar surface area (TPSA) is 75.2 Å². The molecule has 0 saturated heterocycles. The van der Waals surface area contributed by atoms with Crippen molar-refractivity contribution < 1.29 is 9.84 Å². The van der Waals surface area contributed by atoms with Gasteiger partial charge in [-0.05, 0) is 29.6 Å². The lowest BCUT2D eigenvalue weighted by Gasteiger charge is -2.37.